The lowest BCUT2D eigenvalue weighted by molar-refractivity contribution is -0.135. The molecular formula is C10H19N3O2. The van der Waals surface area contributed by atoms with Gasteiger partial charge in [-0.05, 0) is 12.8 Å². The van der Waals surface area contributed by atoms with Crippen LogP contribution in [-0.2, 0) is 9.59 Å². The summed E-state index contributed by atoms with van der Waals surface area (Å²) in [5.41, 5.74) is 5.33. The average molecular weight is 213 g/mol. The lowest BCUT2D eigenvalue weighted by atomic mass is 9.97. The van der Waals surface area contributed by atoms with Crippen molar-refractivity contribution in [2.24, 2.45) is 11.7 Å². The minimum atomic E-state index is -0.0505. The van der Waals surface area contributed by atoms with Crippen molar-refractivity contribution >= 4 is 11.8 Å². The first-order valence-electron chi connectivity index (χ1n) is 5.38. The summed E-state index contributed by atoms with van der Waals surface area (Å²) < 4.78 is 0. The molecule has 0 radical (unpaired) electrons. The van der Waals surface area contributed by atoms with Gasteiger partial charge in [-0.25, -0.2) is 0 Å². The van der Waals surface area contributed by atoms with Crippen molar-refractivity contribution in [1.82, 2.24) is 10.2 Å². The molecule has 0 aromatic rings. The molecule has 0 aliphatic carbocycles. The molecule has 0 spiro atoms. The molecule has 1 aliphatic heterocycles. The number of amides is 2. The minimum absolute atomic E-state index is 0.0280. The molecule has 3 N–H and O–H groups in total. The number of carbonyl (C=O) groups excluding carboxylic acids is 2. The Morgan fingerprint density at radius 1 is 1.53 bits per heavy atom. The second kappa shape index (κ2) is 5.70. The highest BCUT2D eigenvalue weighted by Crippen LogP contribution is 2.16. The summed E-state index contributed by atoms with van der Waals surface area (Å²) in [6, 6.07) is 0. The van der Waals surface area contributed by atoms with Gasteiger partial charge >= 0.3 is 0 Å². The van der Waals surface area contributed by atoms with Gasteiger partial charge in [0, 0.05) is 33.1 Å². The molecule has 1 fully saturated rings. The van der Waals surface area contributed by atoms with E-state index in [0.717, 1.165) is 19.4 Å². The van der Waals surface area contributed by atoms with Gasteiger partial charge in [0.05, 0.1) is 5.92 Å². The van der Waals surface area contributed by atoms with E-state index in [0.29, 0.717) is 19.5 Å². The topological polar surface area (TPSA) is 75.4 Å². The molecule has 1 atom stereocenters. The maximum Gasteiger partial charge on any atom is 0.224 e. The normalized spacial score (nSPS) is 21.2. The highest BCUT2D eigenvalue weighted by Gasteiger charge is 2.27. The highest BCUT2D eigenvalue weighted by molar-refractivity contribution is 5.81. The lowest BCUT2D eigenvalue weighted by Crippen LogP contribution is -2.45. The average Bonchev–Trinajstić information content (AvgIpc) is 2.28. The Balaban J connectivity index is 2.48. The zero-order valence-electron chi connectivity index (χ0n) is 9.16. The van der Waals surface area contributed by atoms with Crippen molar-refractivity contribution in [2.75, 3.05) is 26.7 Å². The van der Waals surface area contributed by atoms with E-state index in [2.05, 4.69) is 5.32 Å². The van der Waals surface area contributed by atoms with Crippen molar-refractivity contribution in [2.45, 2.75) is 19.3 Å². The van der Waals surface area contributed by atoms with Gasteiger partial charge in [0.15, 0.2) is 0 Å². The van der Waals surface area contributed by atoms with E-state index in [1.165, 1.54) is 0 Å². The van der Waals surface area contributed by atoms with Crippen LogP contribution in [0.1, 0.15) is 19.3 Å². The second-order valence-electron chi connectivity index (χ2n) is 3.83. The summed E-state index contributed by atoms with van der Waals surface area (Å²) in [6.45, 7) is 1.67. The van der Waals surface area contributed by atoms with E-state index in [1.807, 2.05) is 0 Å². The zero-order valence-corrected chi connectivity index (χ0v) is 9.16. The number of hydrogen-bond donors (Lipinski definition) is 2. The fourth-order valence-electron chi connectivity index (χ4n) is 1.90. The van der Waals surface area contributed by atoms with Gasteiger partial charge in [-0.3, -0.25) is 9.59 Å². The van der Waals surface area contributed by atoms with Crippen molar-refractivity contribution in [3.63, 3.8) is 0 Å². The molecule has 2 amide bonds. The smallest absolute Gasteiger partial charge is 0.224 e. The largest absolute Gasteiger partial charge is 0.359 e. The fraction of sp³-hybridized carbons (Fsp3) is 0.800. The SMILES string of the molecule is CNC(=O)C1CCCN(C(=O)CCN)C1. The number of carbonyl (C=O) groups is 2. The predicted octanol–water partition coefficient (Wildman–Crippen LogP) is -0.680. The zero-order chi connectivity index (χ0) is 11.3. The maximum absolute atomic E-state index is 11.6. The Morgan fingerprint density at radius 2 is 2.27 bits per heavy atom. The molecule has 5 nitrogen and oxygen atoms in total. The quantitative estimate of drug-likeness (QED) is 0.652. The van der Waals surface area contributed by atoms with E-state index in [9.17, 15) is 9.59 Å². The number of nitrogens with two attached hydrogens (primary N) is 1. The Labute approximate surface area is 90.0 Å². The summed E-state index contributed by atoms with van der Waals surface area (Å²) >= 11 is 0. The number of nitrogens with one attached hydrogen (secondary N) is 1. The molecule has 0 aromatic carbocycles. The highest BCUT2D eigenvalue weighted by atomic mass is 16.2. The van der Waals surface area contributed by atoms with E-state index in [-0.39, 0.29) is 17.7 Å². The van der Waals surface area contributed by atoms with E-state index >= 15 is 0 Å². The Hall–Kier alpha value is -1.10. The number of piperidine rings is 1. The van der Waals surface area contributed by atoms with Gasteiger partial charge in [0.2, 0.25) is 11.8 Å². The number of hydrogen-bond acceptors (Lipinski definition) is 3. The molecule has 1 unspecified atom stereocenters. The Bertz CT molecular complexity index is 243. The molecule has 1 rings (SSSR count). The number of nitrogens with zero attached hydrogens (tertiary/aromatic N) is 1. The first kappa shape index (κ1) is 12.0. The van der Waals surface area contributed by atoms with Crippen LogP contribution in [0.5, 0.6) is 0 Å². The monoisotopic (exact) mass is 213 g/mol. The first-order valence-corrected chi connectivity index (χ1v) is 5.38. The first-order chi connectivity index (χ1) is 7.19. The minimum Gasteiger partial charge on any atom is -0.359 e. The van der Waals surface area contributed by atoms with Crippen molar-refractivity contribution in [3.05, 3.63) is 0 Å². The van der Waals surface area contributed by atoms with Gasteiger partial charge in [-0.2, -0.15) is 0 Å². The molecular weight excluding hydrogens is 194 g/mol. The van der Waals surface area contributed by atoms with Crippen LogP contribution in [0.25, 0.3) is 0 Å². The van der Waals surface area contributed by atoms with Crippen LogP contribution < -0.4 is 11.1 Å². The van der Waals surface area contributed by atoms with Crippen LogP contribution in [0.4, 0.5) is 0 Å². The summed E-state index contributed by atoms with van der Waals surface area (Å²) in [5, 5.41) is 2.62. The molecule has 1 aliphatic rings. The summed E-state index contributed by atoms with van der Waals surface area (Å²) in [6.07, 6.45) is 2.14. The fourth-order valence-corrected chi connectivity index (χ4v) is 1.90. The van der Waals surface area contributed by atoms with Crippen LogP contribution in [0, 0.1) is 5.92 Å². The predicted molar refractivity (Wildman–Crippen MR) is 57.0 cm³/mol. The lowest BCUT2D eigenvalue weighted by Gasteiger charge is -2.31. The van der Waals surface area contributed by atoms with Gasteiger partial charge in [-0.1, -0.05) is 0 Å². The van der Waals surface area contributed by atoms with Crippen molar-refractivity contribution in [1.29, 1.82) is 0 Å². The van der Waals surface area contributed by atoms with Crippen molar-refractivity contribution < 1.29 is 9.59 Å². The molecule has 1 saturated heterocycles. The van der Waals surface area contributed by atoms with Gasteiger partial charge in [0.1, 0.15) is 0 Å². The molecule has 15 heavy (non-hydrogen) atoms. The van der Waals surface area contributed by atoms with Crippen LogP contribution >= 0.6 is 0 Å². The Kier molecular flexibility index (Phi) is 4.55. The van der Waals surface area contributed by atoms with Gasteiger partial charge in [0.25, 0.3) is 0 Å². The standard InChI is InChI=1S/C10H19N3O2/c1-12-10(15)8-3-2-6-13(7-8)9(14)4-5-11/h8H,2-7,11H2,1H3,(H,12,15). The van der Waals surface area contributed by atoms with Crippen LogP contribution in [0.15, 0.2) is 0 Å². The number of likely N-dealkylation sites (tertiary alicyclic amines) is 1. The van der Waals surface area contributed by atoms with Crippen LogP contribution in [-0.4, -0.2) is 43.4 Å². The summed E-state index contributed by atoms with van der Waals surface area (Å²) in [5.74, 6) is 0.0387. The molecule has 0 bridgehead atoms. The number of rotatable bonds is 3. The van der Waals surface area contributed by atoms with Gasteiger partial charge in [-0.15, -0.1) is 0 Å². The van der Waals surface area contributed by atoms with Crippen molar-refractivity contribution in [3.8, 4) is 0 Å². The molecule has 0 aromatic heterocycles. The van der Waals surface area contributed by atoms with Crippen LogP contribution in [0.3, 0.4) is 0 Å². The third kappa shape index (κ3) is 3.20. The summed E-state index contributed by atoms with van der Waals surface area (Å²) in [4.78, 5) is 24.7. The van der Waals surface area contributed by atoms with Crippen LogP contribution in [0.2, 0.25) is 0 Å². The third-order valence-electron chi connectivity index (χ3n) is 2.75. The third-order valence-corrected chi connectivity index (χ3v) is 2.75. The molecule has 5 heteroatoms. The second-order valence-corrected chi connectivity index (χ2v) is 3.83. The molecule has 1 heterocycles. The Morgan fingerprint density at radius 3 is 2.87 bits per heavy atom. The molecule has 86 valence electrons. The maximum atomic E-state index is 11.6. The van der Waals surface area contributed by atoms with Gasteiger partial charge < -0.3 is 16.0 Å². The van der Waals surface area contributed by atoms with E-state index in [1.54, 1.807) is 11.9 Å². The molecule has 0 saturated carbocycles. The van der Waals surface area contributed by atoms with E-state index in [4.69, 9.17) is 5.73 Å². The van der Waals surface area contributed by atoms with E-state index < -0.39 is 0 Å². The summed E-state index contributed by atoms with van der Waals surface area (Å²) in [7, 11) is 1.63.